The summed E-state index contributed by atoms with van der Waals surface area (Å²) < 4.78 is 21.9. The second-order valence-electron chi connectivity index (χ2n) is 8.98. The molecule has 3 aromatic carbocycles. The molecule has 0 aliphatic carbocycles. The molecule has 200 valence electrons. The van der Waals surface area contributed by atoms with Crippen LogP contribution >= 0.6 is 11.6 Å². The Hall–Kier alpha value is -4.43. The van der Waals surface area contributed by atoms with E-state index in [-0.39, 0.29) is 17.9 Å². The first-order valence-corrected chi connectivity index (χ1v) is 12.6. The van der Waals surface area contributed by atoms with E-state index in [4.69, 9.17) is 30.2 Å². The maximum Gasteiger partial charge on any atom is 0.290 e. The number of nitrogens with zero attached hydrogens (tertiary/aromatic N) is 1. The van der Waals surface area contributed by atoms with Crippen LogP contribution in [-0.4, -0.2) is 49.6 Å². The molecule has 0 fully saturated rings. The van der Waals surface area contributed by atoms with Gasteiger partial charge in [-0.15, -0.1) is 0 Å². The maximum atomic E-state index is 13.8. The molecule has 1 aliphatic rings. The van der Waals surface area contributed by atoms with Crippen molar-refractivity contribution in [1.82, 2.24) is 4.90 Å². The van der Waals surface area contributed by atoms with Crippen molar-refractivity contribution in [3.8, 4) is 17.2 Å². The molecule has 1 aliphatic heterocycles. The molecule has 1 amide bonds. The summed E-state index contributed by atoms with van der Waals surface area (Å²) in [6, 6.07) is 18.6. The van der Waals surface area contributed by atoms with Crippen molar-refractivity contribution in [1.29, 1.82) is 0 Å². The number of carbonyl (C=O) groups is 2. The number of halogens is 1. The fourth-order valence-electron chi connectivity index (χ4n) is 4.87. The fourth-order valence-corrected chi connectivity index (χ4v) is 5.08. The quantitative estimate of drug-likeness (QED) is 0.259. The largest absolute Gasteiger partial charge is 0.503 e. The zero-order valence-electron chi connectivity index (χ0n) is 21.6. The van der Waals surface area contributed by atoms with Gasteiger partial charge in [0.15, 0.2) is 34.4 Å². The van der Waals surface area contributed by atoms with Gasteiger partial charge < -0.3 is 28.6 Å². The van der Waals surface area contributed by atoms with Gasteiger partial charge in [-0.1, -0.05) is 48.0 Å². The van der Waals surface area contributed by atoms with Gasteiger partial charge in [-0.2, -0.15) is 0 Å². The number of furan rings is 1. The number of carbonyl (C=O) groups excluding carboxylic acids is 2. The molecule has 9 heteroatoms. The van der Waals surface area contributed by atoms with E-state index >= 15 is 0 Å². The van der Waals surface area contributed by atoms with E-state index in [0.29, 0.717) is 45.2 Å². The zero-order valence-corrected chi connectivity index (χ0v) is 22.3. The Morgan fingerprint density at radius 2 is 1.67 bits per heavy atom. The van der Waals surface area contributed by atoms with Crippen molar-refractivity contribution >= 4 is 34.3 Å². The number of aliphatic hydroxyl groups excluding tert-OH is 1. The lowest BCUT2D eigenvalue weighted by atomic mass is 9.95. The van der Waals surface area contributed by atoms with Gasteiger partial charge in [-0.25, -0.2) is 0 Å². The van der Waals surface area contributed by atoms with Crippen molar-refractivity contribution in [3.05, 3.63) is 100.0 Å². The Labute approximate surface area is 229 Å². The highest BCUT2D eigenvalue weighted by Crippen LogP contribution is 2.41. The number of amides is 1. The van der Waals surface area contributed by atoms with Gasteiger partial charge in [0.2, 0.25) is 5.78 Å². The minimum Gasteiger partial charge on any atom is -0.503 e. The van der Waals surface area contributed by atoms with Crippen molar-refractivity contribution < 1.29 is 33.3 Å². The standard InChI is InChI=1S/C30H26ClNO7/c1-36-21-10-9-17(13-22(21)37-2)11-12-32-26(18-7-5-4-6-8-18)25(28(34)30(32)35)27(33)23-15-19-14-20(31)16-24(38-3)29(19)39-23/h4-10,13-16,26,34H,11-12H2,1-3H3. The lowest BCUT2D eigenvalue weighted by molar-refractivity contribution is -0.129. The van der Waals surface area contributed by atoms with Crippen LogP contribution < -0.4 is 14.2 Å². The van der Waals surface area contributed by atoms with Crippen LogP contribution in [-0.2, 0) is 11.2 Å². The number of benzene rings is 3. The summed E-state index contributed by atoms with van der Waals surface area (Å²) in [4.78, 5) is 28.7. The van der Waals surface area contributed by atoms with Gasteiger partial charge in [0.25, 0.3) is 5.91 Å². The van der Waals surface area contributed by atoms with Gasteiger partial charge in [-0.3, -0.25) is 9.59 Å². The molecule has 0 bridgehead atoms. The average Bonchev–Trinajstić information content (AvgIpc) is 3.49. The molecule has 5 rings (SSSR count). The van der Waals surface area contributed by atoms with Crippen LogP contribution in [0.25, 0.3) is 11.0 Å². The number of ether oxygens (including phenoxy) is 3. The highest BCUT2D eigenvalue weighted by atomic mass is 35.5. The molecule has 0 spiro atoms. The van der Waals surface area contributed by atoms with Crippen LogP contribution in [0.15, 0.2) is 82.5 Å². The third-order valence-corrected chi connectivity index (χ3v) is 6.96. The molecular weight excluding hydrogens is 522 g/mol. The van der Waals surface area contributed by atoms with Gasteiger partial charge in [0.1, 0.15) is 0 Å². The minimum atomic E-state index is -0.815. The third kappa shape index (κ3) is 4.79. The monoisotopic (exact) mass is 547 g/mol. The van der Waals surface area contributed by atoms with Gasteiger partial charge in [0.05, 0.1) is 32.9 Å². The summed E-state index contributed by atoms with van der Waals surface area (Å²) in [5.41, 5.74) is 1.87. The lowest BCUT2D eigenvalue weighted by Crippen LogP contribution is -2.33. The van der Waals surface area contributed by atoms with Gasteiger partial charge in [0, 0.05) is 23.0 Å². The fraction of sp³-hybridized carbons (Fsp3) is 0.200. The highest BCUT2D eigenvalue weighted by Gasteiger charge is 2.44. The van der Waals surface area contributed by atoms with Gasteiger partial charge in [-0.05, 0) is 41.8 Å². The SMILES string of the molecule is COc1ccc(CCN2C(=O)C(O)=C(C(=O)c3cc4cc(Cl)cc(OC)c4o3)C2c2ccccc2)cc1OC. The van der Waals surface area contributed by atoms with Crippen LogP contribution in [0.1, 0.15) is 27.7 Å². The number of ketones is 1. The number of aliphatic hydroxyl groups is 1. The van der Waals surface area contributed by atoms with Crippen LogP contribution in [0.3, 0.4) is 0 Å². The Morgan fingerprint density at radius 3 is 2.36 bits per heavy atom. The molecule has 4 aromatic rings. The van der Waals surface area contributed by atoms with E-state index in [1.165, 1.54) is 18.1 Å². The summed E-state index contributed by atoms with van der Waals surface area (Å²) >= 11 is 6.18. The summed E-state index contributed by atoms with van der Waals surface area (Å²) in [6.45, 7) is 0.234. The molecule has 8 nitrogen and oxygen atoms in total. The highest BCUT2D eigenvalue weighted by molar-refractivity contribution is 6.31. The lowest BCUT2D eigenvalue weighted by Gasteiger charge is -2.26. The Kier molecular flexibility index (Phi) is 7.21. The van der Waals surface area contributed by atoms with Crippen LogP contribution in [0.2, 0.25) is 5.02 Å². The first-order chi connectivity index (χ1) is 18.9. The Bertz CT molecular complexity index is 1590. The van der Waals surface area contributed by atoms with E-state index in [0.717, 1.165) is 5.56 Å². The predicted octanol–water partition coefficient (Wildman–Crippen LogP) is 5.93. The first kappa shape index (κ1) is 26.2. The van der Waals surface area contributed by atoms with Crippen molar-refractivity contribution in [2.24, 2.45) is 0 Å². The van der Waals surface area contributed by atoms with Crippen LogP contribution in [0, 0.1) is 0 Å². The smallest absolute Gasteiger partial charge is 0.290 e. The van der Waals surface area contributed by atoms with Crippen LogP contribution in [0.5, 0.6) is 17.2 Å². The Balaban J connectivity index is 1.51. The molecule has 1 atom stereocenters. The molecule has 0 saturated carbocycles. The number of Topliss-reactive ketones (excluding diaryl/α,β-unsaturated/α-hetero) is 1. The zero-order chi connectivity index (χ0) is 27.7. The normalized spacial score (nSPS) is 15.2. The van der Waals surface area contributed by atoms with Crippen molar-refractivity contribution in [2.45, 2.75) is 12.5 Å². The maximum absolute atomic E-state index is 13.8. The summed E-state index contributed by atoms with van der Waals surface area (Å²) in [5, 5.41) is 12.0. The first-order valence-electron chi connectivity index (χ1n) is 12.2. The topological polar surface area (TPSA) is 98.4 Å². The molecule has 2 heterocycles. The minimum absolute atomic E-state index is 0.0393. The van der Waals surface area contributed by atoms with Crippen molar-refractivity contribution in [2.75, 3.05) is 27.9 Å². The third-order valence-electron chi connectivity index (χ3n) is 6.74. The average molecular weight is 548 g/mol. The van der Waals surface area contributed by atoms with E-state index in [1.54, 1.807) is 32.4 Å². The number of methoxy groups -OCH3 is 3. The summed E-state index contributed by atoms with van der Waals surface area (Å²) in [5.74, 6) is -0.346. The van der Waals surface area contributed by atoms with Gasteiger partial charge >= 0.3 is 0 Å². The second kappa shape index (κ2) is 10.7. The molecular formula is C30H26ClNO7. The molecule has 0 radical (unpaired) electrons. The predicted molar refractivity (Wildman–Crippen MR) is 146 cm³/mol. The summed E-state index contributed by atoms with van der Waals surface area (Å²) in [6.07, 6.45) is 0.449. The number of fused-ring (bicyclic) bond motifs is 1. The van der Waals surface area contributed by atoms with E-state index in [9.17, 15) is 14.7 Å². The molecule has 0 saturated heterocycles. The number of hydrogen-bond acceptors (Lipinski definition) is 7. The van der Waals surface area contributed by atoms with E-state index < -0.39 is 23.5 Å². The Morgan fingerprint density at radius 1 is 0.949 bits per heavy atom. The van der Waals surface area contributed by atoms with Crippen LogP contribution in [0.4, 0.5) is 0 Å². The summed E-state index contributed by atoms with van der Waals surface area (Å²) in [7, 11) is 4.59. The molecule has 1 N–H and O–H groups in total. The number of hydrogen-bond donors (Lipinski definition) is 1. The molecule has 1 aromatic heterocycles. The second-order valence-corrected chi connectivity index (χ2v) is 9.42. The number of rotatable bonds is 9. The van der Waals surface area contributed by atoms with E-state index in [1.807, 2.05) is 42.5 Å². The molecule has 1 unspecified atom stereocenters. The van der Waals surface area contributed by atoms with Crippen molar-refractivity contribution in [3.63, 3.8) is 0 Å². The van der Waals surface area contributed by atoms with E-state index in [2.05, 4.69) is 0 Å². The molecule has 39 heavy (non-hydrogen) atoms.